The Kier molecular flexibility index (Phi) is 5.25. The maximum absolute atomic E-state index is 12.5. The van der Waals surface area contributed by atoms with Crippen molar-refractivity contribution in [1.82, 2.24) is 4.90 Å². The second-order valence-electron chi connectivity index (χ2n) is 5.97. The number of nitrogens with zero attached hydrogens (tertiary/aromatic N) is 1. The second kappa shape index (κ2) is 7.42. The molecule has 0 fully saturated rings. The average Bonchev–Trinajstić information content (AvgIpc) is 2.96. The number of benzene rings is 2. The number of alkyl halides is 3. The van der Waals surface area contributed by atoms with Crippen molar-refractivity contribution in [1.29, 1.82) is 0 Å². The number of hydrogen-bond donors (Lipinski definition) is 0. The first-order valence-electron chi connectivity index (χ1n) is 7.91. The minimum Gasteiger partial charge on any atom is -0.298 e. The van der Waals surface area contributed by atoms with Crippen LogP contribution in [0.5, 0.6) is 0 Å². The molecule has 5 heteroatoms. The fourth-order valence-electron chi connectivity index (χ4n) is 2.60. The fourth-order valence-corrected chi connectivity index (χ4v) is 3.74. The molecule has 0 N–H and O–H groups in total. The van der Waals surface area contributed by atoms with Gasteiger partial charge in [0.2, 0.25) is 0 Å². The molecule has 0 spiro atoms. The Bertz CT molecular complexity index is 830. The van der Waals surface area contributed by atoms with E-state index >= 15 is 0 Å². The summed E-state index contributed by atoms with van der Waals surface area (Å²) in [5.41, 5.74) is 0.148. The Hall–Kier alpha value is -2.11. The van der Waals surface area contributed by atoms with E-state index in [9.17, 15) is 13.2 Å². The summed E-state index contributed by atoms with van der Waals surface area (Å²) in [5, 5.41) is 1.26. The predicted octanol–water partition coefficient (Wildman–Crippen LogP) is 6.07. The number of likely N-dealkylation sites (N-methyl/N-ethyl adjacent to an activating group) is 1. The molecule has 0 saturated carbocycles. The number of thiophene rings is 1. The van der Waals surface area contributed by atoms with Crippen molar-refractivity contribution in [2.75, 3.05) is 13.6 Å². The SMILES string of the molecule is CN(C/C=C/c1ccc(C(F)(F)F)cc1)Cc1cc2ccccc2s1. The third-order valence-corrected chi connectivity index (χ3v) is 4.97. The van der Waals surface area contributed by atoms with Gasteiger partial charge >= 0.3 is 6.18 Å². The van der Waals surface area contributed by atoms with E-state index in [2.05, 4.69) is 23.1 Å². The number of fused-ring (bicyclic) bond motifs is 1. The monoisotopic (exact) mass is 361 g/mol. The maximum atomic E-state index is 12.5. The van der Waals surface area contributed by atoms with Gasteiger partial charge < -0.3 is 0 Å². The predicted molar refractivity (Wildman–Crippen MR) is 98.6 cm³/mol. The minimum atomic E-state index is -4.29. The smallest absolute Gasteiger partial charge is 0.298 e. The van der Waals surface area contributed by atoms with E-state index in [4.69, 9.17) is 0 Å². The van der Waals surface area contributed by atoms with E-state index in [1.54, 1.807) is 11.3 Å². The topological polar surface area (TPSA) is 3.24 Å². The molecule has 0 atom stereocenters. The molecule has 0 saturated heterocycles. The fraction of sp³-hybridized carbons (Fsp3) is 0.200. The summed E-state index contributed by atoms with van der Waals surface area (Å²) in [4.78, 5) is 3.47. The van der Waals surface area contributed by atoms with Gasteiger partial charge in [0.1, 0.15) is 0 Å². The Morgan fingerprint density at radius 1 is 1.04 bits per heavy atom. The second-order valence-corrected chi connectivity index (χ2v) is 7.14. The van der Waals surface area contributed by atoms with Gasteiger partial charge in [-0.25, -0.2) is 0 Å². The van der Waals surface area contributed by atoms with E-state index in [0.717, 1.165) is 30.8 Å². The summed E-state index contributed by atoms with van der Waals surface area (Å²) in [6.07, 6.45) is -0.468. The highest BCUT2D eigenvalue weighted by Crippen LogP contribution is 2.29. The normalized spacial score (nSPS) is 12.5. The van der Waals surface area contributed by atoms with Gasteiger partial charge in [0, 0.05) is 22.7 Å². The molecular weight excluding hydrogens is 343 g/mol. The molecule has 1 heterocycles. The van der Waals surface area contributed by atoms with Crippen molar-refractivity contribution in [2.24, 2.45) is 0 Å². The van der Waals surface area contributed by atoms with E-state index in [1.165, 1.54) is 27.1 Å². The van der Waals surface area contributed by atoms with Crippen molar-refractivity contribution in [3.8, 4) is 0 Å². The van der Waals surface area contributed by atoms with Crippen LogP contribution in [0.25, 0.3) is 16.2 Å². The van der Waals surface area contributed by atoms with Gasteiger partial charge in [-0.3, -0.25) is 4.90 Å². The zero-order chi connectivity index (χ0) is 17.9. The van der Waals surface area contributed by atoms with Crippen molar-refractivity contribution in [3.63, 3.8) is 0 Å². The third kappa shape index (κ3) is 4.71. The zero-order valence-corrected chi connectivity index (χ0v) is 14.6. The lowest BCUT2D eigenvalue weighted by Crippen LogP contribution is -2.16. The summed E-state index contributed by atoms with van der Waals surface area (Å²) in [7, 11) is 2.03. The first kappa shape index (κ1) is 17.7. The molecule has 3 rings (SSSR count). The lowest BCUT2D eigenvalue weighted by Gasteiger charge is -2.12. The lowest BCUT2D eigenvalue weighted by molar-refractivity contribution is -0.137. The van der Waals surface area contributed by atoms with Gasteiger partial charge in [0.05, 0.1) is 5.56 Å². The van der Waals surface area contributed by atoms with Crippen LogP contribution in [0.2, 0.25) is 0 Å². The van der Waals surface area contributed by atoms with Crippen LogP contribution >= 0.6 is 11.3 Å². The summed E-state index contributed by atoms with van der Waals surface area (Å²) >= 11 is 1.79. The maximum Gasteiger partial charge on any atom is 0.416 e. The van der Waals surface area contributed by atoms with Crippen LogP contribution in [0.4, 0.5) is 13.2 Å². The van der Waals surface area contributed by atoms with E-state index in [0.29, 0.717) is 0 Å². The van der Waals surface area contributed by atoms with Crippen molar-refractivity contribution in [3.05, 3.63) is 76.7 Å². The molecule has 0 bridgehead atoms. The van der Waals surface area contributed by atoms with Crippen LogP contribution in [0.1, 0.15) is 16.0 Å². The molecule has 3 aromatic rings. The van der Waals surface area contributed by atoms with E-state index in [-0.39, 0.29) is 0 Å². The van der Waals surface area contributed by atoms with Crippen LogP contribution in [0.3, 0.4) is 0 Å². The number of rotatable bonds is 5. The Balaban J connectivity index is 1.56. The summed E-state index contributed by atoms with van der Waals surface area (Å²) < 4.78 is 38.9. The first-order valence-corrected chi connectivity index (χ1v) is 8.73. The number of halogens is 3. The van der Waals surface area contributed by atoms with Crippen LogP contribution in [-0.2, 0) is 12.7 Å². The Labute approximate surface area is 149 Å². The highest BCUT2D eigenvalue weighted by Gasteiger charge is 2.29. The van der Waals surface area contributed by atoms with Crippen LogP contribution in [0.15, 0.2) is 60.7 Å². The summed E-state index contributed by atoms with van der Waals surface area (Å²) in [6, 6.07) is 15.7. The van der Waals surface area contributed by atoms with Crippen molar-refractivity contribution >= 4 is 27.5 Å². The van der Waals surface area contributed by atoms with Gasteiger partial charge in [-0.15, -0.1) is 11.3 Å². The van der Waals surface area contributed by atoms with Crippen LogP contribution in [0, 0.1) is 0 Å². The average molecular weight is 361 g/mol. The van der Waals surface area contributed by atoms with Crippen LogP contribution < -0.4 is 0 Å². The van der Waals surface area contributed by atoms with E-state index < -0.39 is 11.7 Å². The third-order valence-electron chi connectivity index (χ3n) is 3.87. The first-order chi connectivity index (χ1) is 11.9. The molecule has 1 aromatic heterocycles. The molecule has 0 radical (unpaired) electrons. The standard InChI is InChI=1S/C20H18F3NS/c1-24(14-18-13-16-6-2-3-7-19(16)25-18)12-4-5-15-8-10-17(11-9-15)20(21,22)23/h2-11,13H,12,14H2,1H3/b5-4+. The largest absolute Gasteiger partial charge is 0.416 e. The molecule has 0 aliphatic heterocycles. The van der Waals surface area contributed by atoms with Gasteiger partial charge in [0.15, 0.2) is 0 Å². The highest BCUT2D eigenvalue weighted by atomic mass is 32.1. The van der Waals surface area contributed by atoms with Gasteiger partial charge in [-0.2, -0.15) is 13.2 Å². The van der Waals surface area contributed by atoms with Crippen molar-refractivity contribution in [2.45, 2.75) is 12.7 Å². The Morgan fingerprint density at radius 3 is 2.44 bits per heavy atom. The molecule has 0 aliphatic carbocycles. The molecule has 1 nitrogen and oxygen atoms in total. The molecule has 0 amide bonds. The minimum absolute atomic E-state index is 0.619. The molecule has 130 valence electrons. The zero-order valence-electron chi connectivity index (χ0n) is 13.8. The quantitative estimate of drug-likeness (QED) is 0.533. The van der Waals surface area contributed by atoms with Gasteiger partial charge in [-0.1, -0.05) is 42.5 Å². The molecule has 0 aliphatic rings. The molecule has 25 heavy (non-hydrogen) atoms. The molecule has 2 aromatic carbocycles. The van der Waals surface area contributed by atoms with Gasteiger partial charge in [-0.05, 0) is 42.3 Å². The highest BCUT2D eigenvalue weighted by molar-refractivity contribution is 7.19. The number of hydrogen-bond acceptors (Lipinski definition) is 2. The summed E-state index contributed by atoms with van der Waals surface area (Å²) in [6.45, 7) is 1.58. The molecule has 0 unspecified atom stereocenters. The van der Waals surface area contributed by atoms with Gasteiger partial charge in [0.25, 0.3) is 0 Å². The van der Waals surface area contributed by atoms with Crippen molar-refractivity contribution < 1.29 is 13.2 Å². The summed E-state index contributed by atoms with van der Waals surface area (Å²) in [5.74, 6) is 0. The molecular formula is C20H18F3NS. The van der Waals surface area contributed by atoms with E-state index in [1.807, 2.05) is 31.3 Å². The Morgan fingerprint density at radius 2 is 1.76 bits per heavy atom. The lowest BCUT2D eigenvalue weighted by atomic mass is 10.1. The van der Waals surface area contributed by atoms with Crippen LogP contribution in [-0.4, -0.2) is 18.5 Å².